The highest BCUT2D eigenvalue weighted by molar-refractivity contribution is 5.74. The molecule has 0 N–H and O–H groups in total. The lowest BCUT2D eigenvalue weighted by Crippen LogP contribution is -2.27. The van der Waals surface area contributed by atoms with E-state index in [0.717, 1.165) is 19.4 Å². The van der Waals surface area contributed by atoms with Gasteiger partial charge in [0.25, 0.3) is 0 Å². The summed E-state index contributed by atoms with van der Waals surface area (Å²) >= 11 is 0. The topological polar surface area (TPSA) is 62.6 Å². The number of imidazole rings is 1. The average molecular weight is 344 g/mol. The molecule has 6 heteroatoms. The molecule has 0 spiro atoms. The van der Waals surface area contributed by atoms with Crippen LogP contribution in [0.1, 0.15) is 31.2 Å². The molecule has 1 aromatic carbocycles. The number of carbonyl (C=O) groups is 1. The fourth-order valence-corrected chi connectivity index (χ4v) is 2.75. The maximum absolute atomic E-state index is 12.1. The van der Waals surface area contributed by atoms with E-state index >= 15 is 0 Å². The maximum Gasteiger partial charge on any atom is 0.335 e. The number of carbonyl (C=O) groups excluding carboxylic acids is 1. The molecule has 2 aromatic rings. The minimum atomic E-state index is -0.610. The zero-order valence-corrected chi connectivity index (χ0v) is 14.5. The molecule has 134 valence electrons. The second-order valence-corrected chi connectivity index (χ2v) is 6.18. The van der Waals surface area contributed by atoms with E-state index in [-0.39, 0.29) is 18.7 Å². The molecule has 2 unspecified atom stereocenters. The van der Waals surface area contributed by atoms with Gasteiger partial charge in [-0.25, -0.2) is 9.78 Å². The molecule has 0 amide bonds. The van der Waals surface area contributed by atoms with Gasteiger partial charge in [-0.15, -0.1) is 0 Å². The molecule has 3 rings (SSSR count). The molecule has 0 bridgehead atoms. The van der Waals surface area contributed by atoms with Crippen LogP contribution in [0.2, 0.25) is 0 Å². The van der Waals surface area contributed by atoms with Gasteiger partial charge >= 0.3 is 5.97 Å². The van der Waals surface area contributed by atoms with Crippen LogP contribution in [0.3, 0.4) is 0 Å². The molecule has 0 saturated carbocycles. The molecule has 1 aromatic heterocycles. The van der Waals surface area contributed by atoms with Gasteiger partial charge in [-0.1, -0.05) is 30.3 Å². The second-order valence-electron chi connectivity index (χ2n) is 6.18. The van der Waals surface area contributed by atoms with Crippen LogP contribution in [0.25, 0.3) is 0 Å². The van der Waals surface area contributed by atoms with Crippen molar-refractivity contribution in [2.75, 3.05) is 13.2 Å². The molecule has 1 aliphatic rings. The van der Waals surface area contributed by atoms with E-state index in [9.17, 15) is 4.79 Å². The number of hydrogen-bond donors (Lipinski definition) is 0. The van der Waals surface area contributed by atoms with Crippen molar-refractivity contribution in [3.63, 3.8) is 0 Å². The van der Waals surface area contributed by atoms with E-state index in [0.29, 0.717) is 19.0 Å². The molecule has 1 fully saturated rings. The summed E-state index contributed by atoms with van der Waals surface area (Å²) in [6, 6.07) is 10.1. The monoisotopic (exact) mass is 344 g/mol. The van der Waals surface area contributed by atoms with Gasteiger partial charge in [0.15, 0.2) is 6.10 Å². The van der Waals surface area contributed by atoms with Crippen molar-refractivity contribution in [2.24, 2.45) is 0 Å². The maximum atomic E-state index is 12.1. The first-order chi connectivity index (χ1) is 12.2. The molecule has 0 radical (unpaired) electrons. The Morgan fingerprint density at radius 2 is 2.24 bits per heavy atom. The molecule has 6 nitrogen and oxygen atoms in total. The third-order valence-electron chi connectivity index (χ3n) is 4.23. The minimum absolute atomic E-state index is 0.0972. The van der Waals surface area contributed by atoms with Crippen LogP contribution in [-0.4, -0.2) is 40.9 Å². The second kappa shape index (κ2) is 8.78. The SMILES string of the molecule is CC(OCC1CCCO1)C(=O)OCc1nccn1Cc1ccccc1. The molecule has 1 aliphatic heterocycles. The zero-order chi connectivity index (χ0) is 17.5. The van der Waals surface area contributed by atoms with Gasteiger partial charge in [-0.05, 0) is 25.3 Å². The number of ether oxygens (including phenoxy) is 3. The van der Waals surface area contributed by atoms with Gasteiger partial charge in [0.05, 0.1) is 12.7 Å². The Bertz CT molecular complexity index is 665. The van der Waals surface area contributed by atoms with Crippen molar-refractivity contribution in [1.82, 2.24) is 9.55 Å². The standard InChI is InChI=1S/C19H24N2O4/c1-15(24-13-17-8-5-11-23-17)19(22)25-14-18-20-9-10-21(18)12-16-6-3-2-4-7-16/h2-4,6-7,9-10,15,17H,5,8,11-14H2,1H3. The molecule has 25 heavy (non-hydrogen) atoms. The summed E-state index contributed by atoms with van der Waals surface area (Å²) < 4.78 is 18.4. The van der Waals surface area contributed by atoms with E-state index < -0.39 is 6.10 Å². The van der Waals surface area contributed by atoms with Crippen molar-refractivity contribution in [1.29, 1.82) is 0 Å². The smallest absolute Gasteiger partial charge is 0.335 e. The zero-order valence-electron chi connectivity index (χ0n) is 14.5. The molecule has 0 aliphatic carbocycles. The molecule has 2 heterocycles. The summed E-state index contributed by atoms with van der Waals surface area (Å²) in [4.78, 5) is 16.4. The summed E-state index contributed by atoms with van der Waals surface area (Å²) in [6.45, 7) is 3.73. The van der Waals surface area contributed by atoms with E-state index in [1.165, 1.54) is 5.56 Å². The van der Waals surface area contributed by atoms with E-state index in [4.69, 9.17) is 14.2 Å². The quantitative estimate of drug-likeness (QED) is 0.689. The van der Waals surface area contributed by atoms with Crippen LogP contribution >= 0.6 is 0 Å². The van der Waals surface area contributed by atoms with Crippen LogP contribution in [0.5, 0.6) is 0 Å². The summed E-state index contributed by atoms with van der Waals surface area (Å²) in [5.74, 6) is 0.329. The Balaban J connectivity index is 1.46. The van der Waals surface area contributed by atoms with Crippen molar-refractivity contribution in [3.8, 4) is 0 Å². The number of benzene rings is 1. The highest BCUT2D eigenvalue weighted by Gasteiger charge is 2.21. The van der Waals surface area contributed by atoms with Gasteiger partial charge in [-0.2, -0.15) is 0 Å². The highest BCUT2D eigenvalue weighted by atomic mass is 16.6. The fourth-order valence-electron chi connectivity index (χ4n) is 2.75. The van der Waals surface area contributed by atoms with Crippen molar-refractivity contribution in [2.45, 2.75) is 45.1 Å². The van der Waals surface area contributed by atoms with Crippen LogP contribution in [-0.2, 0) is 32.2 Å². The Hall–Kier alpha value is -2.18. The fraction of sp³-hybridized carbons (Fsp3) is 0.474. The molecular weight excluding hydrogens is 320 g/mol. The van der Waals surface area contributed by atoms with Gasteiger partial charge in [0.2, 0.25) is 0 Å². The first kappa shape index (κ1) is 17.6. The van der Waals surface area contributed by atoms with Crippen LogP contribution < -0.4 is 0 Å². The third-order valence-corrected chi connectivity index (χ3v) is 4.23. The summed E-state index contributed by atoms with van der Waals surface area (Å²) in [6.07, 6.45) is 5.12. The van der Waals surface area contributed by atoms with Crippen LogP contribution in [0.4, 0.5) is 0 Å². The highest BCUT2D eigenvalue weighted by Crippen LogP contribution is 2.13. The lowest BCUT2D eigenvalue weighted by molar-refractivity contribution is -0.159. The van der Waals surface area contributed by atoms with Gasteiger partial charge in [-0.3, -0.25) is 0 Å². The lowest BCUT2D eigenvalue weighted by Gasteiger charge is -2.15. The number of esters is 1. The van der Waals surface area contributed by atoms with Crippen LogP contribution in [0.15, 0.2) is 42.7 Å². The Labute approximate surface area is 147 Å². The number of aromatic nitrogens is 2. The van der Waals surface area contributed by atoms with Crippen molar-refractivity contribution in [3.05, 3.63) is 54.1 Å². The van der Waals surface area contributed by atoms with Crippen LogP contribution in [0, 0.1) is 0 Å². The largest absolute Gasteiger partial charge is 0.456 e. The number of hydrogen-bond acceptors (Lipinski definition) is 5. The Morgan fingerprint density at radius 1 is 1.40 bits per heavy atom. The third kappa shape index (κ3) is 5.14. The summed E-state index contributed by atoms with van der Waals surface area (Å²) in [5.41, 5.74) is 1.17. The number of rotatable bonds is 8. The summed E-state index contributed by atoms with van der Waals surface area (Å²) in [7, 11) is 0. The minimum Gasteiger partial charge on any atom is -0.456 e. The predicted molar refractivity (Wildman–Crippen MR) is 92.0 cm³/mol. The van der Waals surface area contributed by atoms with Crippen molar-refractivity contribution < 1.29 is 19.0 Å². The summed E-state index contributed by atoms with van der Waals surface area (Å²) in [5, 5.41) is 0. The average Bonchev–Trinajstić information content (AvgIpc) is 3.30. The van der Waals surface area contributed by atoms with Gasteiger partial charge in [0, 0.05) is 25.5 Å². The molecular formula is C19H24N2O4. The molecule has 1 saturated heterocycles. The Morgan fingerprint density at radius 3 is 3.00 bits per heavy atom. The van der Waals surface area contributed by atoms with E-state index in [1.807, 2.05) is 29.0 Å². The normalized spacial score (nSPS) is 18.2. The van der Waals surface area contributed by atoms with Gasteiger partial charge < -0.3 is 18.8 Å². The Kier molecular flexibility index (Phi) is 6.19. The number of nitrogens with zero attached hydrogens (tertiary/aromatic N) is 2. The van der Waals surface area contributed by atoms with Gasteiger partial charge in [0.1, 0.15) is 12.4 Å². The lowest BCUT2D eigenvalue weighted by atomic mass is 10.2. The first-order valence-corrected chi connectivity index (χ1v) is 8.66. The van der Waals surface area contributed by atoms with Crippen molar-refractivity contribution >= 4 is 5.97 Å². The van der Waals surface area contributed by atoms with E-state index in [2.05, 4.69) is 17.1 Å². The first-order valence-electron chi connectivity index (χ1n) is 8.66. The van der Waals surface area contributed by atoms with E-state index in [1.54, 1.807) is 13.1 Å². The predicted octanol–water partition coefficient (Wildman–Crippen LogP) is 2.56. The molecule has 2 atom stereocenters.